The van der Waals surface area contributed by atoms with Crippen molar-refractivity contribution in [2.45, 2.75) is 31.3 Å². The van der Waals surface area contributed by atoms with Crippen LogP contribution < -0.4 is 10.6 Å². The van der Waals surface area contributed by atoms with Gasteiger partial charge >= 0.3 is 0 Å². The second kappa shape index (κ2) is 9.24. The van der Waals surface area contributed by atoms with Crippen LogP contribution in [-0.4, -0.2) is 20.7 Å². The number of nitrogens with zero attached hydrogens (tertiary/aromatic N) is 3. The van der Waals surface area contributed by atoms with Crippen LogP contribution in [0.2, 0.25) is 0 Å². The summed E-state index contributed by atoms with van der Waals surface area (Å²) in [6.45, 7) is 0. The van der Waals surface area contributed by atoms with Crippen molar-refractivity contribution in [3.05, 3.63) is 107 Å². The fourth-order valence-corrected chi connectivity index (χ4v) is 4.19. The number of anilines is 2. The zero-order valence-corrected chi connectivity index (χ0v) is 18.0. The number of nitrogens with one attached hydrogen (secondary N) is 2. The lowest BCUT2D eigenvalue weighted by molar-refractivity contribution is -0.116. The van der Waals surface area contributed by atoms with Crippen LogP contribution in [0.3, 0.4) is 0 Å². The summed E-state index contributed by atoms with van der Waals surface area (Å²) in [6.07, 6.45) is 1.70. The number of halogens is 1. The molecule has 0 saturated carbocycles. The first-order valence-corrected chi connectivity index (χ1v) is 11.0. The third-order valence-electron chi connectivity index (χ3n) is 5.88. The number of aryl methyl sites for hydroxylation is 1. The zero-order valence-electron chi connectivity index (χ0n) is 18.0. The van der Waals surface area contributed by atoms with Gasteiger partial charge in [-0.1, -0.05) is 72.8 Å². The van der Waals surface area contributed by atoms with Gasteiger partial charge in [-0.05, 0) is 41.7 Å². The van der Waals surface area contributed by atoms with Gasteiger partial charge in [0.05, 0.1) is 12.1 Å². The number of carbonyl (C=O) groups is 1. The molecule has 1 aliphatic rings. The molecule has 5 rings (SSSR count). The van der Waals surface area contributed by atoms with E-state index in [2.05, 4.69) is 32.8 Å². The lowest BCUT2D eigenvalue weighted by Crippen LogP contribution is -2.28. The summed E-state index contributed by atoms with van der Waals surface area (Å²) >= 11 is 0. The zero-order chi connectivity index (χ0) is 22.6. The number of fused-ring (bicyclic) bond motifs is 1. The van der Waals surface area contributed by atoms with Gasteiger partial charge in [0.2, 0.25) is 11.9 Å². The molecular formula is C26H24FN5O. The Labute approximate surface area is 191 Å². The van der Waals surface area contributed by atoms with Crippen molar-refractivity contribution in [1.29, 1.82) is 0 Å². The number of carbonyl (C=O) groups excluding carboxylic acids is 1. The molecule has 3 aromatic carbocycles. The average Bonchev–Trinajstić information content (AvgIpc) is 3.26. The maximum absolute atomic E-state index is 13.5. The van der Waals surface area contributed by atoms with Crippen molar-refractivity contribution >= 4 is 17.8 Å². The van der Waals surface area contributed by atoms with Crippen LogP contribution >= 0.6 is 0 Å². The molecule has 33 heavy (non-hydrogen) atoms. The maximum Gasteiger partial charge on any atom is 0.250 e. The standard InChI is InChI=1S/C26H24FN5O/c27-21-14-12-20(13-15-21)23-17-22(19-9-5-2-6-10-19)28-26-30-25(31-32(23)26)29-24(33)16-11-18-7-3-1-4-8-18/h1-10,12-15,22-23H,11,16-17H2,(H2,28,29,30,31,33)/t22-,23+/m0/s1. The Morgan fingerprint density at radius 2 is 1.67 bits per heavy atom. The van der Waals surface area contributed by atoms with E-state index in [4.69, 9.17) is 0 Å². The molecule has 166 valence electrons. The summed E-state index contributed by atoms with van der Waals surface area (Å²) in [5.74, 6) is 0.413. The highest BCUT2D eigenvalue weighted by atomic mass is 19.1. The molecule has 2 heterocycles. The van der Waals surface area contributed by atoms with Gasteiger partial charge in [-0.15, -0.1) is 5.10 Å². The quantitative estimate of drug-likeness (QED) is 0.435. The van der Waals surface area contributed by atoms with E-state index in [0.717, 1.165) is 16.7 Å². The molecule has 1 amide bonds. The predicted molar refractivity (Wildman–Crippen MR) is 125 cm³/mol. The van der Waals surface area contributed by atoms with Gasteiger partial charge in [0.1, 0.15) is 5.82 Å². The Hall–Kier alpha value is -4.00. The van der Waals surface area contributed by atoms with E-state index in [-0.39, 0.29) is 29.8 Å². The molecule has 6 nitrogen and oxygen atoms in total. The number of hydrogen-bond acceptors (Lipinski definition) is 4. The Morgan fingerprint density at radius 3 is 2.39 bits per heavy atom. The molecule has 0 bridgehead atoms. The molecule has 0 saturated heterocycles. The summed E-state index contributed by atoms with van der Waals surface area (Å²) < 4.78 is 15.3. The number of rotatable bonds is 6. The topological polar surface area (TPSA) is 71.8 Å². The molecule has 7 heteroatoms. The highest BCUT2D eigenvalue weighted by molar-refractivity contribution is 5.89. The Bertz CT molecular complexity index is 1220. The Morgan fingerprint density at radius 1 is 0.970 bits per heavy atom. The molecule has 0 fully saturated rings. The van der Waals surface area contributed by atoms with Crippen LogP contribution in [0.25, 0.3) is 0 Å². The van der Waals surface area contributed by atoms with E-state index in [9.17, 15) is 9.18 Å². The third kappa shape index (κ3) is 4.77. The fourth-order valence-electron chi connectivity index (χ4n) is 4.19. The third-order valence-corrected chi connectivity index (χ3v) is 5.88. The number of benzene rings is 3. The van der Waals surface area contributed by atoms with Gasteiger partial charge in [-0.25, -0.2) is 9.07 Å². The molecule has 1 aliphatic heterocycles. The average molecular weight is 442 g/mol. The highest BCUT2D eigenvalue weighted by Gasteiger charge is 2.31. The van der Waals surface area contributed by atoms with Gasteiger partial charge in [-0.3, -0.25) is 10.1 Å². The molecule has 4 aromatic rings. The Kier molecular flexibility index (Phi) is 5.85. The van der Waals surface area contributed by atoms with E-state index >= 15 is 0 Å². The van der Waals surface area contributed by atoms with Crippen LogP contribution in [0, 0.1) is 5.82 Å². The second-order valence-corrected chi connectivity index (χ2v) is 8.15. The van der Waals surface area contributed by atoms with Gasteiger partial charge in [0.25, 0.3) is 5.95 Å². The normalized spacial score (nSPS) is 17.1. The minimum absolute atomic E-state index is 0.0135. The molecule has 2 N–H and O–H groups in total. The summed E-state index contributed by atoms with van der Waals surface area (Å²) in [5.41, 5.74) is 3.17. The fraction of sp³-hybridized carbons (Fsp3) is 0.192. The minimum atomic E-state index is -0.280. The molecular weight excluding hydrogens is 417 g/mol. The first kappa shape index (κ1) is 20.9. The van der Waals surface area contributed by atoms with Crippen LogP contribution in [0.5, 0.6) is 0 Å². The van der Waals surface area contributed by atoms with Crippen LogP contribution in [0.1, 0.15) is 41.6 Å². The molecule has 0 spiro atoms. The summed E-state index contributed by atoms with van der Waals surface area (Å²) in [4.78, 5) is 17.1. The Balaban J connectivity index is 1.38. The van der Waals surface area contributed by atoms with Crippen molar-refractivity contribution < 1.29 is 9.18 Å². The molecule has 0 unspecified atom stereocenters. The van der Waals surface area contributed by atoms with Crippen LogP contribution in [0.15, 0.2) is 84.9 Å². The monoisotopic (exact) mass is 441 g/mol. The number of hydrogen-bond donors (Lipinski definition) is 2. The summed E-state index contributed by atoms with van der Waals surface area (Å²) in [6, 6.07) is 26.3. The summed E-state index contributed by atoms with van der Waals surface area (Å²) in [5, 5.41) is 10.8. The van der Waals surface area contributed by atoms with E-state index in [1.165, 1.54) is 12.1 Å². The predicted octanol–water partition coefficient (Wildman–Crippen LogP) is 5.13. The first-order valence-electron chi connectivity index (χ1n) is 11.0. The van der Waals surface area contributed by atoms with Crippen LogP contribution in [0.4, 0.5) is 16.3 Å². The van der Waals surface area contributed by atoms with Crippen molar-refractivity contribution in [2.24, 2.45) is 0 Å². The SMILES string of the molecule is O=C(CCc1ccccc1)Nc1nc2n(n1)[C@@H](c1ccc(F)cc1)C[C@@H](c1ccccc1)N2. The van der Waals surface area contributed by atoms with E-state index < -0.39 is 0 Å². The van der Waals surface area contributed by atoms with Crippen LogP contribution in [-0.2, 0) is 11.2 Å². The van der Waals surface area contributed by atoms with Crippen molar-refractivity contribution in [1.82, 2.24) is 14.8 Å². The minimum Gasteiger partial charge on any atom is -0.347 e. The van der Waals surface area contributed by atoms with Gasteiger partial charge in [-0.2, -0.15) is 4.98 Å². The van der Waals surface area contributed by atoms with Crippen molar-refractivity contribution in [2.75, 3.05) is 10.6 Å². The molecule has 0 aliphatic carbocycles. The second-order valence-electron chi connectivity index (χ2n) is 8.15. The van der Waals surface area contributed by atoms with Gasteiger partial charge in [0.15, 0.2) is 0 Å². The smallest absolute Gasteiger partial charge is 0.250 e. The molecule has 0 radical (unpaired) electrons. The molecule has 2 atom stereocenters. The highest BCUT2D eigenvalue weighted by Crippen LogP contribution is 2.38. The van der Waals surface area contributed by atoms with Gasteiger partial charge in [0, 0.05) is 6.42 Å². The first-order chi connectivity index (χ1) is 16.2. The van der Waals surface area contributed by atoms with E-state index in [1.54, 1.807) is 16.8 Å². The van der Waals surface area contributed by atoms with Crippen molar-refractivity contribution in [3.8, 4) is 0 Å². The van der Waals surface area contributed by atoms with Crippen molar-refractivity contribution in [3.63, 3.8) is 0 Å². The number of amides is 1. The largest absolute Gasteiger partial charge is 0.347 e. The van der Waals surface area contributed by atoms with Gasteiger partial charge < -0.3 is 5.32 Å². The number of aromatic nitrogens is 3. The summed E-state index contributed by atoms with van der Waals surface area (Å²) in [7, 11) is 0. The lowest BCUT2D eigenvalue weighted by Gasteiger charge is -2.31. The lowest BCUT2D eigenvalue weighted by atomic mass is 9.93. The molecule has 1 aromatic heterocycles. The van der Waals surface area contributed by atoms with E-state index in [0.29, 0.717) is 25.2 Å². The van der Waals surface area contributed by atoms with E-state index in [1.807, 2.05) is 48.5 Å². The maximum atomic E-state index is 13.5.